The van der Waals surface area contributed by atoms with Gasteiger partial charge in [-0.3, -0.25) is 0 Å². The molecule has 3 nitrogen and oxygen atoms in total. The summed E-state index contributed by atoms with van der Waals surface area (Å²) < 4.78 is 0. The Morgan fingerprint density at radius 1 is 1.11 bits per heavy atom. The third kappa shape index (κ3) is 7.77. The topological polar surface area (TPSA) is 38.7 Å². The second-order valence-corrected chi connectivity index (χ2v) is 8.89. The van der Waals surface area contributed by atoms with Gasteiger partial charge in [0.05, 0.1) is 0 Å². The van der Waals surface area contributed by atoms with Crippen molar-refractivity contribution in [1.29, 1.82) is 0 Å². The summed E-state index contributed by atoms with van der Waals surface area (Å²) in [4.78, 5) is 10.8. The second-order valence-electron chi connectivity index (χ2n) is 8.89. The van der Waals surface area contributed by atoms with Gasteiger partial charge in [-0.1, -0.05) is 82.0 Å². The molecule has 1 aromatic carbocycles. The van der Waals surface area contributed by atoms with Crippen molar-refractivity contribution in [3.63, 3.8) is 0 Å². The van der Waals surface area contributed by atoms with Crippen LogP contribution in [0.3, 0.4) is 0 Å². The molecule has 1 saturated heterocycles. The van der Waals surface area contributed by atoms with Crippen LogP contribution in [0.5, 0.6) is 0 Å². The molecule has 2 rings (SSSR count). The molecule has 1 aromatic rings. The van der Waals surface area contributed by atoms with Gasteiger partial charge in [0.25, 0.3) is 0 Å². The van der Waals surface area contributed by atoms with Gasteiger partial charge in [0.2, 0.25) is 0 Å². The summed E-state index contributed by atoms with van der Waals surface area (Å²) in [5, 5.41) is 10.1. The molecule has 3 heteroatoms. The maximum Gasteiger partial charge on any atom is 0.198 e. The summed E-state index contributed by atoms with van der Waals surface area (Å²) in [6.45, 7) is 8.11. The fourth-order valence-electron chi connectivity index (χ4n) is 3.99. The van der Waals surface area contributed by atoms with E-state index in [1.54, 1.807) is 6.92 Å². The minimum absolute atomic E-state index is 0.0763. The molecule has 27 heavy (non-hydrogen) atoms. The van der Waals surface area contributed by atoms with Gasteiger partial charge < -0.3 is 5.11 Å². The molecular formula is C24H38O3. The maximum absolute atomic E-state index is 10.1. The van der Waals surface area contributed by atoms with Crippen molar-refractivity contribution in [2.24, 2.45) is 11.8 Å². The van der Waals surface area contributed by atoms with E-state index in [0.717, 1.165) is 19.3 Å². The Hall–Kier alpha value is -1.16. The van der Waals surface area contributed by atoms with Crippen LogP contribution in [0.25, 0.3) is 6.08 Å². The first-order valence-corrected chi connectivity index (χ1v) is 10.6. The number of benzene rings is 1. The highest BCUT2D eigenvalue weighted by Crippen LogP contribution is 2.40. The van der Waals surface area contributed by atoms with Crippen LogP contribution in [-0.4, -0.2) is 16.5 Å². The molecule has 0 spiro atoms. The SMILES string of the molecule is CC(CCCCCC/C=C/c1ccccc1)C[C@@]1(C)C[C@@H](C)[C@@](C)(O)OO1. The molecule has 0 aliphatic carbocycles. The summed E-state index contributed by atoms with van der Waals surface area (Å²) in [6.07, 6.45) is 13.8. The van der Waals surface area contributed by atoms with Crippen molar-refractivity contribution in [3.8, 4) is 0 Å². The lowest BCUT2D eigenvalue weighted by Gasteiger charge is -2.44. The lowest BCUT2D eigenvalue weighted by molar-refractivity contribution is -0.493. The zero-order chi connectivity index (χ0) is 19.8. The fourth-order valence-corrected chi connectivity index (χ4v) is 3.99. The second kappa shape index (κ2) is 10.4. The van der Waals surface area contributed by atoms with Crippen LogP contribution in [0.4, 0.5) is 0 Å². The minimum atomic E-state index is -1.17. The molecule has 1 unspecified atom stereocenters. The predicted molar refractivity (Wildman–Crippen MR) is 112 cm³/mol. The Morgan fingerprint density at radius 2 is 1.81 bits per heavy atom. The van der Waals surface area contributed by atoms with Crippen LogP contribution in [-0.2, 0) is 9.78 Å². The van der Waals surface area contributed by atoms with Gasteiger partial charge in [0, 0.05) is 5.92 Å². The summed E-state index contributed by atoms with van der Waals surface area (Å²) in [5.74, 6) is -0.489. The van der Waals surface area contributed by atoms with Crippen molar-refractivity contribution >= 4 is 6.08 Å². The van der Waals surface area contributed by atoms with E-state index in [4.69, 9.17) is 9.78 Å². The third-order valence-corrected chi connectivity index (χ3v) is 5.77. The molecule has 0 amide bonds. The number of unbranched alkanes of at least 4 members (excludes halogenated alkanes) is 4. The van der Waals surface area contributed by atoms with E-state index >= 15 is 0 Å². The molecule has 0 radical (unpaired) electrons. The van der Waals surface area contributed by atoms with Crippen LogP contribution in [0.15, 0.2) is 36.4 Å². The van der Waals surface area contributed by atoms with Crippen LogP contribution < -0.4 is 0 Å². The Morgan fingerprint density at radius 3 is 2.52 bits per heavy atom. The van der Waals surface area contributed by atoms with Gasteiger partial charge in [-0.05, 0) is 51.0 Å². The monoisotopic (exact) mass is 374 g/mol. The molecule has 1 fully saturated rings. The molecule has 0 saturated carbocycles. The Kier molecular flexibility index (Phi) is 8.53. The zero-order valence-corrected chi connectivity index (χ0v) is 17.6. The summed E-state index contributed by atoms with van der Waals surface area (Å²) in [6, 6.07) is 10.5. The number of aliphatic hydroxyl groups is 1. The Bertz CT molecular complexity index is 566. The van der Waals surface area contributed by atoms with Crippen molar-refractivity contribution in [1.82, 2.24) is 0 Å². The van der Waals surface area contributed by atoms with Gasteiger partial charge in [0.1, 0.15) is 5.60 Å². The molecule has 1 aliphatic rings. The summed E-state index contributed by atoms with van der Waals surface area (Å²) in [7, 11) is 0. The first-order chi connectivity index (χ1) is 12.8. The van der Waals surface area contributed by atoms with E-state index in [0.29, 0.717) is 5.92 Å². The van der Waals surface area contributed by atoms with Crippen molar-refractivity contribution in [2.45, 2.75) is 90.4 Å². The van der Waals surface area contributed by atoms with Crippen LogP contribution in [0.1, 0.15) is 84.6 Å². The summed E-state index contributed by atoms with van der Waals surface area (Å²) >= 11 is 0. The van der Waals surface area contributed by atoms with E-state index in [-0.39, 0.29) is 11.5 Å². The number of hydrogen-bond donors (Lipinski definition) is 1. The van der Waals surface area contributed by atoms with Crippen molar-refractivity contribution in [2.75, 3.05) is 0 Å². The van der Waals surface area contributed by atoms with Gasteiger partial charge >= 0.3 is 0 Å². The number of allylic oxidation sites excluding steroid dienone is 1. The van der Waals surface area contributed by atoms with E-state index in [2.05, 4.69) is 56.3 Å². The molecular weight excluding hydrogens is 336 g/mol. The normalized spacial score (nSPS) is 29.9. The highest BCUT2D eigenvalue weighted by molar-refractivity contribution is 5.48. The largest absolute Gasteiger partial charge is 0.363 e. The third-order valence-electron chi connectivity index (χ3n) is 5.77. The highest BCUT2D eigenvalue weighted by atomic mass is 17.2. The van der Waals surface area contributed by atoms with Gasteiger partial charge in [0.15, 0.2) is 5.79 Å². The molecule has 4 atom stereocenters. The Labute approximate surface area is 165 Å². The van der Waals surface area contributed by atoms with E-state index in [9.17, 15) is 5.11 Å². The van der Waals surface area contributed by atoms with E-state index < -0.39 is 5.79 Å². The van der Waals surface area contributed by atoms with Crippen LogP contribution >= 0.6 is 0 Å². The van der Waals surface area contributed by atoms with Gasteiger partial charge in [-0.25, -0.2) is 9.78 Å². The van der Waals surface area contributed by atoms with Gasteiger partial charge in [-0.2, -0.15) is 0 Å². The van der Waals surface area contributed by atoms with Gasteiger partial charge in [-0.15, -0.1) is 0 Å². The number of hydrogen-bond acceptors (Lipinski definition) is 3. The van der Waals surface area contributed by atoms with Crippen molar-refractivity contribution in [3.05, 3.63) is 42.0 Å². The van der Waals surface area contributed by atoms with E-state index in [1.807, 2.05) is 6.92 Å². The molecule has 1 aliphatic heterocycles. The molecule has 1 heterocycles. The van der Waals surface area contributed by atoms with Crippen LogP contribution in [0, 0.1) is 11.8 Å². The first-order valence-electron chi connectivity index (χ1n) is 10.6. The zero-order valence-electron chi connectivity index (χ0n) is 17.6. The maximum atomic E-state index is 10.1. The lowest BCUT2D eigenvalue weighted by Crippen LogP contribution is -2.49. The quantitative estimate of drug-likeness (QED) is 0.374. The standard InChI is InChI=1S/C24H38O3/c1-20(18-23(3)19-21(2)24(4,25)27-26-23)14-10-7-5-6-8-11-15-22-16-12-9-13-17-22/h9,11-13,15-17,20-21,25H,5-8,10,14,18-19H2,1-4H3/b15-11+/t20?,21-,23+,24+/m1/s1. The Balaban J connectivity index is 1.54. The van der Waals surface area contributed by atoms with E-state index in [1.165, 1.54) is 37.7 Å². The molecule has 0 aromatic heterocycles. The average molecular weight is 375 g/mol. The smallest absolute Gasteiger partial charge is 0.198 e. The summed E-state index contributed by atoms with van der Waals surface area (Å²) in [5.41, 5.74) is 0.994. The van der Waals surface area contributed by atoms with Crippen molar-refractivity contribution < 1.29 is 14.9 Å². The predicted octanol–water partition coefficient (Wildman–Crippen LogP) is 6.52. The fraction of sp³-hybridized carbons (Fsp3) is 0.667. The molecule has 1 N–H and O–H groups in total. The minimum Gasteiger partial charge on any atom is -0.363 e. The molecule has 0 bridgehead atoms. The lowest BCUT2D eigenvalue weighted by atomic mass is 9.81. The number of rotatable bonds is 10. The highest BCUT2D eigenvalue weighted by Gasteiger charge is 2.44. The first kappa shape index (κ1) is 22.1. The average Bonchev–Trinajstić information content (AvgIpc) is 2.62. The molecule has 152 valence electrons. The van der Waals surface area contributed by atoms with Crippen LogP contribution in [0.2, 0.25) is 0 Å².